The highest BCUT2D eigenvalue weighted by atomic mass is 16.5. The van der Waals surface area contributed by atoms with E-state index in [1.54, 1.807) is 4.90 Å². The highest BCUT2D eigenvalue weighted by molar-refractivity contribution is 5.83. The van der Waals surface area contributed by atoms with Gasteiger partial charge in [-0.3, -0.25) is 4.79 Å². The molecule has 0 aliphatic rings. The maximum atomic E-state index is 12.2. The lowest BCUT2D eigenvalue weighted by Crippen LogP contribution is -2.40. The van der Waals surface area contributed by atoms with Gasteiger partial charge in [0, 0.05) is 19.7 Å². The second-order valence-electron chi connectivity index (χ2n) is 4.00. The van der Waals surface area contributed by atoms with E-state index in [-0.39, 0.29) is 5.91 Å². The Labute approximate surface area is 109 Å². The van der Waals surface area contributed by atoms with E-state index in [1.165, 1.54) is 0 Å². The van der Waals surface area contributed by atoms with Crippen molar-refractivity contribution >= 4 is 5.91 Å². The van der Waals surface area contributed by atoms with Gasteiger partial charge in [0.05, 0.1) is 6.61 Å². The van der Waals surface area contributed by atoms with Crippen molar-refractivity contribution in [3.63, 3.8) is 0 Å². The Kier molecular flexibility index (Phi) is 6.39. The zero-order chi connectivity index (χ0) is 13.4. The van der Waals surface area contributed by atoms with Crippen molar-refractivity contribution in [1.29, 1.82) is 0 Å². The summed E-state index contributed by atoms with van der Waals surface area (Å²) in [4.78, 5) is 13.9. The summed E-state index contributed by atoms with van der Waals surface area (Å²) in [5, 5.41) is 0. The van der Waals surface area contributed by atoms with Crippen LogP contribution in [-0.2, 0) is 9.53 Å². The van der Waals surface area contributed by atoms with Gasteiger partial charge in [-0.25, -0.2) is 0 Å². The minimum absolute atomic E-state index is 0.0524. The third-order valence-electron chi connectivity index (χ3n) is 2.83. The van der Waals surface area contributed by atoms with E-state index < -0.39 is 6.04 Å². The number of carbonyl (C=O) groups excluding carboxylic acids is 1. The third-order valence-corrected chi connectivity index (χ3v) is 2.83. The van der Waals surface area contributed by atoms with Gasteiger partial charge in [-0.05, 0) is 19.4 Å². The molecular formula is C14H22N2O2. The Balaban J connectivity index is 2.60. The largest absolute Gasteiger partial charge is 0.380 e. The molecule has 0 bridgehead atoms. The lowest BCUT2D eigenvalue weighted by atomic mass is 10.1. The van der Waals surface area contributed by atoms with E-state index in [4.69, 9.17) is 10.5 Å². The van der Waals surface area contributed by atoms with Crippen LogP contribution in [0.2, 0.25) is 0 Å². The number of nitrogens with two attached hydrogens (primary N) is 1. The van der Waals surface area contributed by atoms with Gasteiger partial charge in [0.1, 0.15) is 6.04 Å². The summed E-state index contributed by atoms with van der Waals surface area (Å²) in [6, 6.07) is 8.84. The van der Waals surface area contributed by atoms with E-state index in [0.29, 0.717) is 26.3 Å². The first-order valence-electron chi connectivity index (χ1n) is 6.37. The lowest BCUT2D eigenvalue weighted by Gasteiger charge is -2.24. The second-order valence-corrected chi connectivity index (χ2v) is 4.00. The van der Waals surface area contributed by atoms with Crippen molar-refractivity contribution in [2.75, 3.05) is 26.3 Å². The number of likely N-dealkylation sites (N-methyl/N-ethyl adjacent to an activating group) is 1. The standard InChI is InChI=1S/C14H22N2O2/c1-3-16(10-11-18-4-2)14(17)13(15)12-8-6-5-7-9-12/h5-9,13H,3-4,10-11,15H2,1-2H3/t13-/m1/s1. The molecule has 0 aromatic heterocycles. The van der Waals surface area contributed by atoms with Crippen LogP contribution in [0.25, 0.3) is 0 Å². The minimum atomic E-state index is -0.590. The molecule has 0 heterocycles. The fourth-order valence-corrected chi connectivity index (χ4v) is 1.74. The van der Waals surface area contributed by atoms with Crippen LogP contribution in [0.4, 0.5) is 0 Å². The number of nitrogens with zero attached hydrogens (tertiary/aromatic N) is 1. The maximum absolute atomic E-state index is 12.2. The van der Waals surface area contributed by atoms with Gasteiger partial charge < -0.3 is 15.4 Å². The molecule has 0 aliphatic carbocycles. The van der Waals surface area contributed by atoms with Gasteiger partial charge in [-0.15, -0.1) is 0 Å². The van der Waals surface area contributed by atoms with Crippen molar-refractivity contribution < 1.29 is 9.53 Å². The minimum Gasteiger partial charge on any atom is -0.380 e. The van der Waals surface area contributed by atoms with Crippen molar-refractivity contribution in [3.05, 3.63) is 35.9 Å². The van der Waals surface area contributed by atoms with Gasteiger partial charge in [0.15, 0.2) is 0 Å². The summed E-state index contributed by atoms with van der Waals surface area (Å²) in [6.07, 6.45) is 0. The molecular weight excluding hydrogens is 228 g/mol. The molecule has 1 aromatic rings. The van der Waals surface area contributed by atoms with Gasteiger partial charge >= 0.3 is 0 Å². The summed E-state index contributed by atoms with van der Waals surface area (Å²) in [5.41, 5.74) is 6.83. The number of carbonyl (C=O) groups is 1. The molecule has 4 heteroatoms. The fourth-order valence-electron chi connectivity index (χ4n) is 1.74. The average molecular weight is 250 g/mol. The molecule has 0 saturated carbocycles. The van der Waals surface area contributed by atoms with E-state index >= 15 is 0 Å². The zero-order valence-electron chi connectivity index (χ0n) is 11.1. The van der Waals surface area contributed by atoms with Crippen molar-refractivity contribution in [1.82, 2.24) is 4.90 Å². The molecule has 0 radical (unpaired) electrons. The van der Waals surface area contributed by atoms with E-state index in [1.807, 2.05) is 44.2 Å². The molecule has 1 rings (SSSR count). The van der Waals surface area contributed by atoms with Crippen LogP contribution in [0.3, 0.4) is 0 Å². The Morgan fingerprint density at radius 2 is 2.00 bits per heavy atom. The molecule has 100 valence electrons. The summed E-state index contributed by atoms with van der Waals surface area (Å²) >= 11 is 0. The first-order valence-corrected chi connectivity index (χ1v) is 6.37. The SMILES string of the molecule is CCOCCN(CC)C(=O)[C@H](N)c1ccccc1. The van der Waals surface area contributed by atoms with Crippen LogP contribution in [0.15, 0.2) is 30.3 Å². The molecule has 0 saturated heterocycles. The van der Waals surface area contributed by atoms with Gasteiger partial charge in [-0.1, -0.05) is 30.3 Å². The molecule has 0 aliphatic heterocycles. The van der Waals surface area contributed by atoms with Crippen LogP contribution in [0.5, 0.6) is 0 Å². The fraction of sp³-hybridized carbons (Fsp3) is 0.500. The highest BCUT2D eigenvalue weighted by Crippen LogP contribution is 2.12. The van der Waals surface area contributed by atoms with Crippen LogP contribution in [0.1, 0.15) is 25.5 Å². The molecule has 1 atom stereocenters. The molecule has 4 nitrogen and oxygen atoms in total. The molecule has 0 unspecified atom stereocenters. The molecule has 0 fully saturated rings. The Hall–Kier alpha value is -1.39. The summed E-state index contributed by atoms with van der Waals surface area (Å²) in [6.45, 7) is 6.33. The monoisotopic (exact) mass is 250 g/mol. The first kappa shape index (κ1) is 14.7. The smallest absolute Gasteiger partial charge is 0.244 e. The molecule has 18 heavy (non-hydrogen) atoms. The van der Waals surface area contributed by atoms with Crippen molar-refractivity contribution in [2.45, 2.75) is 19.9 Å². The van der Waals surface area contributed by atoms with E-state index in [9.17, 15) is 4.79 Å². The number of rotatable bonds is 7. The topological polar surface area (TPSA) is 55.6 Å². The Bertz CT molecular complexity index is 354. The van der Waals surface area contributed by atoms with Crippen LogP contribution >= 0.6 is 0 Å². The lowest BCUT2D eigenvalue weighted by molar-refractivity contribution is -0.133. The molecule has 1 aromatic carbocycles. The number of amides is 1. The quantitative estimate of drug-likeness (QED) is 0.747. The Morgan fingerprint density at radius 3 is 2.56 bits per heavy atom. The van der Waals surface area contributed by atoms with E-state index in [0.717, 1.165) is 5.56 Å². The van der Waals surface area contributed by atoms with Crippen molar-refractivity contribution in [2.24, 2.45) is 5.73 Å². The molecule has 2 N–H and O–H groups in total. The van der Waals surface area contributed by atoms with Crippen LogP contribution in [0, 0.1) is 0 Å². The molecule has 1 amide bonds. The van der Waals surface area contributed by atoms with Crippen molar-refractivity contribution in [3.8, 4) is 0 Å². The Morgan fingerprint density at radius 1 is 1.33 bits per heavy atom. The van der Waals surface area contributed by atoms with Crippen LogP contribution < -0.4 is 5.73 Å². The highest BCUT2D eigenvalue weighted by Gasteiger charge is 2.20. The first-order chi connectivity index (χ1) is 8.70. The number of hydrogen-bond donors (Lipinski definition) is 1. The average Bonchev–Trinajstić information content (AvgIpc) is 2.43. The number of hydrogen-bond acceptors (Lipinski definition) is 3. The summed E-state index contributed by atoms with van der Waals surface area (Å²) in [5.74, 6) is -0.0524. The normalized spacial score (nSPS) is 12.2. The summed E-state index contributed by atoms with van der Waals surface area (Å²) in [7, 11) is 0. The summed E-state index contributed by atoms with van der Waals surface area (Å²) < 4.78 is 5.27. The van der Waals surface area contributed by atoms with Crippen LogP contribution in [-0.4, -0.2) is 37.1 Å². The predicted octanol–water partition coefficient (Wildman–Crippen LogP) is 1.57. The van der Waals surface area contributed by atoms with E-state index in [2.05, 4.69) is 0 Å². The number of ether oxygens (including phenoxy) is 1. The zero-order valence-corrected chi connectivity index (χ0v) is 11.1. The van der Waals surface area contributed by atoms with Gasteiger partial charge in [0.25, 0.3) is 0 Å². The van der Waals surface area contributed by atoms with Gasteiger partial charge in [-0.2, -0.15) is 0 Å². The second kappa shape index (κ2) is 7.84. The predicted molar refractivity (Wildman–Crippen MR) is 72.1 cm³/mol. The molecule has 0 spiro atoms. The maximum Gasteiger partial charge on any atom is 0.244 e. The van der Waals surface area contributed by atoms with Gasteiger partial charge in [0.2, 0.25) is 5.91 Å². The third kappa shape index (κ3) is 4.13. The number of benzene rings is 1.